The zero-order valence-electron chi connectivity index (χ0n) is 34.0. The summed E-state index contributed by atoms with van der Waals surface area (Å²) in [5.74, 6) is 1.90. The van der Waals surface area contributed by atoms with Crippen LogP contribution >= 0.6 is 0 Å². The number of hydrogen-bond acceptors (Lipinski definition) is 3. The van der Waals surface area contributed by atoms with Gasteiger partial charge in [0.15, 0.2) is 17.5 Å². The van der Waals surface area contributed by atoms with Gasteiger partial charge >= 0.3 is 0 Å². The van der Waals surface area contributed by atoms with Crippen molar-refractivity contribution >= 4 is 65.4 Å². The smallest absolute Gasteiger partial charge is 0.164 e. The number of para-hydroxylation sites is 4. The summed E-state index contributed by atoms with van der Waals surface area (Å²) < 4.78 is 7.22. The molecule has 0 fully saturated rings. The molecule has 294 valence electrons. The molecule has 4 aromatic heterocycles. The summed E-state index contributed by atoms with van der Waals surface area (Å²) in [5.41, 5.74) is 13.0. The van der Waals surface area contributed by atoms with E-state index in [4.69, 9.17) is 15.0 Å². The molecule has 0 atom stereocenters. The van der Waals surface area contributed by atoms with Gasteiger partial charge in [-0.15, -0.1) is 0 Å². The maximum atomic E-state index is 5.07. The molecule has 13 aromatic rings. The number of benzene rings is 9. The molecule has 0 saturated heterocycles. The van der Waals surface area contributed by atoms with E-state index in [1.54, 1.807) is 0 Å². The molecule has 0 amide bonds. The van der Waals surface area contributed by atoms with Crippen LogP contribution < -0.4 is 0 Å². The zero-order chi connectivity index (χ0) is 41.4. The minimum atomic E-state index is 0.624. The Morgan fingerprint density at radius 3 is 1.05 bits per heavy atom. The minimum absolute atomic E-state index is 0.624. The van der Waals surface area contributed by atoms with Crippen LogP contribution in [0.4, 0.5) is 0 Å². The van der Waals surface area contributed by atoms with E-state index in [1.807, 2.05) is 60.7 Å². The highest BCUT2D eigenvalue weighted by Crippen LogP contribution is 2.43. The second kappa shape index (κ2) is 14.0. The summed E-state index contributed by atoms with van der Waals surface area (Å²) in [6, 6.07) is 77.4. The summed E-state index contributed by atoms with van der Waals surface area (Å²) in [7, 11) is 0. The maximum Gasteiger partial charge on any atom is 0.164 e. The Morgan fingerprint density at radius 1 is 0.238 bits per heavy atom. The third kappa shape index (κ3) is 5.48. The Labute approximate surface area is 362 Å². The van der Waals surface area contributed by atoms with Crippen molar-refractivity contribution in [1.82, 2.24) is 28.7 Å². The predicted molar refractivity (Wildman–Crippen MR) is 259 cm³/mol. The molecule has 0 bridgehead atoms. The van der Waals surface area contributed by atoms with Crippen molar-refractivity contribution in [1.29, 1.82) is 0 Å². The number of fused-ring (bicyclic) bond motifs is 10. The second-order valence-corrected chi connectivity index (χ2v) is 16.0. The van der Waals surface area contributed by atoms with Gasteiger partial charge in [-0.1, -0.05) is 152 Å². The Kier molecular flexibility index (Phi) is 7.80. The van der Waals surface area contributed by atoms with Crippen LogP contribution in [0.2, 0.25) is 0 Å². The van der Waals surface area contributed by atoms with Crippen LogP contribution in [0.3, 0.4) is 0 Å². The molecule has 0 aliphatic heterocycles. The molecule has 9 aromatic carbocycles. The van der Waals surface area contributed by atoms with Crippen LogP contribution in [-0.2, 0) is 0 Å². The highest BCUT2D eigenvalue weighted by Gasteiger charge is 2.22. The lowest BCUT2D eigenvalue weighted by Crippen LogP contribution is -2.01. The molecule has 0 aliphatic rings. The highest BCUT2D eigenvalue weighted by atomic mass is 15.0. The van der Waals surface area contributed by atoms with E-state index in [2.05, 4.69) is 171 Å². The monoisotopic (exact) mass is 804 g/mol. The SMILES string of the molecule is c1ccc(-c2nc(-c3ccccc3)nc(-c3cccc(-n4c5ccccc5c5c6c7ccccc7n(-c7cccc(-n8c9ccccc9c9ccccc98)c7)c6ccc54)c3)n2)cc1. The first kappa shape index (κ1) is 35.2. The van der Waals surface area contributed by atoms with E-state index in [9.17, 15) is 0 Å². The predicted octanol–water partition coefficient (Wildman–Crippen LogP) is 14.2. The Hall–Kier alpha value is -8.61. The average Bonchev–Trinajstić information content (AvgIpc) is 4.00. The van der Waals surface area contributed by atoms with Crippen LogP contribution in [0.15, 0.2) is 218 Å². The van der Waals surface area contributed by atoms with E-state index in [1.165, 1.54) is 43.4 Å². The van der Waals surface area contributed by atoms with Crippen LogP contribution in [-0.4, -0.2) is 28.7 Å². The highest BCUT2D eigenvalue weighted by molar-refractivity contribution is 6.29. The first-order valence-corrected chi connectivity index (χ1v) is 21.3. The maximum absolute atomic E-state index is 5.07. The van der Waals surface area contributed by atoms with Gasteiger partial charge in [0.25, 0.3) is 0 Å². The van der Waals surface area contributed by atoms with Crippen LogP contribution in [0, 0.1) is 0 Å². The molecule has 63 heavy (non-hydrogen) atoms. The van der Waals surface area contributed by atoms with Crippen molar-refractivity contribution in [2.75, 3.05) is 0 Å². The topological polar surface area (TPSA) is 53.5 Å². The van der Waals surface area contributed by atoms with Crippen molar-refractivity contribution in [3.05, 3.63) is 218 Å². The summed E-state index contributed by atoms with van der Waals surface area (Å²) in [4.78, 5) is 15.1. The fraction of sp³-hybridized carbons (Fsp3) is 0. The van der Waals surface area contributed by atoms with Crippen molar-refractivity contribution in [2.24, 2.45) is 0 Å². The van der Waals surface area contributed by atoms with E-state index >= 15 is 0 Å². The van der Waals surface area contributed by atoms with E-state index in [-0.39, 0.29) is 0 Å². The van der Waals surface area contributed by atoms with E-state index in [0.29, 0.717) is 17.5 Å². The lowest BCUT2D eigenvalue weighted by Gasteiger charge is -2.13. The summed E-state index contributed by atoms with van der Waals surface area (Å²) in [6.07, 6.45) is 0. The fourth-order valence-electron chi connectivity index (χ4n) is 9.77. The van der Waals surface area contributed by atoms with Gasteiger partial charge in [-0.05, 0) is 66.7 Å². The Balaban J connectivity index is 1.01. The third-order valence-corrected chi connectivity index (χ3v) is 12.5. The molecule has 4 heterocycles. The number of aromatic nitrogens is 6. The molecule has 13 rings (SSSR count). The number of rotatable bonds is 6. The van der Waals surface area contributed by atoms with Gasteiger partial charge < -0.3 is 13.7 Å². The molecule has 0 N–H and O–H groups in total. The summed E-state index contributed by atoms with van der Waals surface area (Å²) in [5, 5.41) is 7.37. The van der Waals surface area contributed by atoms with E-state index in [0.717, 1.165) is 55.8 Å². The molecule has 6 nitrogen and oxygen atoms in total. The molecule has 0 saturated carbocycles. The third-order valence-electron chi connectivity index (χ3n) is 12.5. The molecule has 6 heteroatoms. The quantitative estimate of drug-likeness (QED) is 0.168. The van der Waals surface area contributed by atoms with Gasteiger partial charge in [0.05, 0.1) is 33.1 Å². The Morgan fingerprint density at radius 2 is 0.571 bits per heavy atom. The lowest BCUT2D eigenvalue weighted by atomic mass is 10.1. The van der Waals surface area contributed by atoms with Gasteiger partial charge in [-0.25, -0.2) is 15.0 Å². The van der Waals surface area contributed by atoms with Gasteiger partial charge in [0.2, 0.25) is 0 Å². The molecular formula is C57H36N6. The van der Waals surface area contributed by atoms with Gasteiger partial charge in [-0.2, -0.15) is 0 Å². The average molecular weight is 805 g/mol. The number of hydrogen-bond donors (Lipinski definition) is 0. The van der Waals surface area contributed by atoms with Crippen molar-refractivity contribution in [2.45, 2.75) is 0 Å². The van der Waals surface area contributed by atoms with Gasteiger partial charge in [0, 0.05) is 66.1 Å². The molecular weight excluding hydrogens is 769 g/mol. The molecule has 0 radical (unpaired) electrons. The normalized spacial score (nSPS) is 11.8. The molecule has 0 aliphatic carbocycles. The summed E-state index contributed by atoms with van der Waals surface area (Å²) in [6.45, 7) is 0. The summed E-state index contributed by atoms with van der Waals surface area (Å²) >= 11 is 0. The van der Waals surface area contributed by atoms with Crippen LogP contribution in [0.5, 0.6) is 0 Å². The Bertz CT molecular complexity index is 3800. The molecule has 0 unspecified atom stereocenters. The second-order valence-electron chi connectivity index (χ2n) is 16.0. The van der Waals surface area contributed by atoms with Crippen LogP contribution in [0.1, 0.15) is 0 Å². The first-order chi connectivity index (χ1) is 31.3. The van der Waals surface area contributed by atoms with Gasteiger partial charge in [0.1, 0.15) is 0 Å². The van der Waals surface area contributed by atoms with E-state index < -0.39 is 0 Å². The fourth-order valence-corrected chi connectivity index (χ4v) is 9.77. The van der Waals surface area contributed by atoms with Crippen molar-refractivity contribution < 1.29 is 0 Å². The largest absolute Gasteiger partial charge is 0.309 e. The van der Waals surface area contributed by atoms with Crippen LogP contribution in [0.25, 0.3) is 117 Å². The van der Waals surface area contributed by atoms with Crippen molar-refractivity contribution in [3.8, 4) is 51.2 Å². The zero-order valence-corrected chi connectivity index (χ0v) is 34.0. The lowest BCUT2D eigenvalue weighted by molar-refractivity contribution is 1.07. The van der Waals surface area contributed by atoms with Gasteiger partial charge in [-0.3, -0.25) is 0 Å². The van der Waals surface area contributed by atoms with Crippen molar-refractivity contribution in [3.63, 3.8) is 0 Å². The minimum Gasteiger partial charge on any atom is -0.309 e. The number of nitrogens with zero attached hydrogens (tertiary/aromatic N) is 6. The standard InChI is InChI=1S/C57H36N6/c1-3-17-37(18-4-1)55-58-56(38-19-5-2-6-20-38)60-57(59-55)39-21-15-22-40(35-39)62-49-31-13-9-27-45(49)53-51(62)33-34-52-54(53)46-28-10-14-32-50(46)63(52)42-24-16-23-41(36-42)61-47-29-11-7-25-43(47)44-26-8-12-30-48(44)61/h1-36H. The molecule has 0 spiro atoms. The first-order valence-electron chi connectivity index (χ1n) is 21.3.